The van der Waals surface area contributed by atoms with Crippen molar-refractivity contribution in [1.82, 2.24) is 0 Å². The highest BCUT2D eigenvalue weighted by molar-refractivity contribution is 7.86. The predicted molar refractivity (Wildman–Crippen MR) is 123 cm³/mol. The molecule has 0 radical (unpaired) electrons. The first-order chi connectivity index (χ1) is 14.4. The monoisotopic (exact) mass is 432 g/mol. The van der Waals surface area contributed by atoms with Crippen molar-refractivity contribution in [2.24, 2.45) is 0 Å². The molecule has 0 saturated heterocycles. The van der Waals surface area contributed by atoms with E-state index >= 15 is 0 Å². The van der Waals surface area contributed by atoms with Gasteiger partial charge in [0.1, 0.15) is 4.90 Å². The molecular formula is C26H40O3S. The van der Waals surface area contributed by atoms with E-state index in [2.05, 4.69) is 6.92 Å². The standard InChI is InChI=1S/C26H40O3S/c1-18-23(20-12-6-3-7-13-20)19(2)26(30(27,28)29)25(22-16-10-5-11-17-22)24(18)21-14-8-4-9-15-21/h20-22H,3-17H2,1-2H3,(H,27,28,29). The number of rotatable bonds is 4. The molecule has 3 aliphatic carbocycles. The van der Waals surface area contributed by atoms with E-state index in [0.717, 1.165) is 36.8 Å². The molecule has 4 heteroatoms. The molecular weight excluding hydrogens is 392 g/mol. The Morgan fingerprint density at radius 3 is 1.33 bits per heavy atom. The van der Waals surface area contributed by atoms with Gasteiger partial charge in [0.15, 0.2) is 0 Å². The maximum atomic E-state index is 12.9. The molecule has 30 heavy (non-hydrogen) atoms. The molecule has 0 unspecified atom stereocenters. The van der Waals surface area contributed by atoms with Crippen LogP contribution in [0.1, 0.15) is 142 Å². The van der Waals surface area contributed by atoms with Crippen molar-refractivity contribution < 1.29 is 13.0 Å². The molecule has 0 heterocycles. The van der Waals surface area contributed by atoms with Gasteiger partial charge < -0.3 is 0 Å². The quantitative estimate of drug-likeness (QED) is 0.496. The molecule has 0 aromatic heterocycles. The second-order valence-corrected chi connectivity index (χ2v) is 11.7. The SMILES string of the molecule is Cc1c(C2CCCCC2)c(C)c(S(=O)(=O)O)c(C2CCCCC2)c1C1CCCCC1. The van der Waals surface area contributed by atoms with Crippen LogP contribution < -0.4 is 0 Å². The average molecular weight is 433 g/mol. The lowest BCUT2D eigenvalue weighted by atomic mass is 9.70. The molecule has 0 amide bonds. The summed E-state index contributed by atoms with van der Waals surface area (Å²) in [6.45, 7) is 4.26. The molecule has 4 rings (SSSR count). The Hall–Kier alpha value is -0.870. The topological polar surface area (TPSA) is 54.4 Å². The smallest absolute Gasteiger partial charge is 0.282 e. The third-order valence-electron chi connectivity index (χ3n) is 8.39. The minimum atomic E-state index is -4.25. The lowest BCUT2D eigenvalue weighted by Crippen LogP contribution is -2.22. The van der Waals surface area contributed by atoms with Crippen LogP contribution >= 0.6 is 0 Å². The van der Waals surface area contributed by atoms with Crippen molar-refractivity contribution in [2.75, 3.05) is 0 Å². The fourth-order valence-electron chi connectivity index (χ4n) is 7.12. The summed E-state index contributed by atoms with van der Waals surface area (Å²) in [5, 5.41) is 0. The lowest BCUT2D eigenvalue weighted by Gasteiger charge is -2.36. The van der Waals surface area contributed by atoms with Crippen LogP contribution in [0, 0.1) is 13.8 Å². The minimum Gasteiger partial charge on any atom is -0.282 e. The highest BCUT2D eigenvalue weighted by Gasteiger charge is 2.36. The van der Waals surface area contributed by atoms with Crippen molar-refractivity contribution in [3.05, 3.63) is 27.8 Å². The van der Waals surface area contributed by atoms with Crippen molar-refractivity contribution >= 4 is 10.1 Å². The summed E-state index contributed by atoms with van der Waals surface area (Å²) < 4.78 is 36.2. The Morgan fingerprint density at radius 2 is 0.933 bits per heavy atom. The van der Waals surface area contributed by atoms with Crippen LogP contribution in [0.2, 0.25) is 0 Å². The van der Waals surface area contributed by atoms with E-state index in [4.69, 9.17) is 0 Å². The van der Waals surface area contributed by atoms with E-state index in [1.165, 1.54) is 87.3 Å². The van der Waals surface area contributed by atoms with Gasteiger partial charge in [-0.25, -0.2) is 0 Å². The number of benzene rings is 1. The van der Waals surface area contributed by atoms with E-state index in [9.17, 15) is 13.0 Å². The second kappa shape index (κ2) is 9.32. The summed E-state index contributed by atoms with van der Waals surface area (Å²) >= 11 is 0. The van der Waals surface area contributed by atoms with Crippen LogP contribution in [0.15, 0.2) is 4.90 Å². The Bertz CT molecular complexity index is 853. The van der Waals surface area contributed by atoms with E-state index in [1.807, 2.05) is 6.92 Å². The lowest BCUT2D eigenvalue weighted by molar-refractivity contribution is 0.405. The van der Waals surface area contributed by atoms with E-state index < -0.39 is 10.1 Å². The first-order valence-corrected chi connectivity index (χ1v) is 14.0. The molecule has 0 aliphatic heterocycles. The molecule has 0 spiro atoms. The largest absolute Gasteiger partial charge is 0.295 e. The molecule has 1 aromatic rings. The van der Waals surface area contributed by atoms with E-state index in [0.29, 0.717) is 16.7 Å². The molecule has 0 bridgehead atoms. The highest BCUT2D eigenvalue weighted by Crippen LogP contribution is 2.49. The average Bonchev–Trinajstić information content (AvgIpc) is 2.74. The van der Waals surface area contributed by atoms with Crippen LogP contribution in [0.25, 0.3) is 0 Å². The van der Waals surface area contributed by atoms with E-state index in [1.54, 1.807) is 0 Å². The zero-order chi connectivity index (χ0) is 21.3. The molecule has 168 valence electrons. The molecule has 3 saturated carbocycles. The van der Waals surface area contributed by atoms with Gasteiger partial charge in [0.25, 0.3) is 10.1 Å². The fourth-order valence-corrected chi connectivity index (χ4v) is 8.18. The van der Waals surface area contributed by atoms with Crippen molar-refractivity contribution in [3.8, 4) is 0 Å². The van der Waals surface area contributed by atoms with Gasteiger partial charge in [0, 0.05) is 0 Å². The van der Waals surface area contributed by atoms with Crippen molar-refractivity contribution in [1.29, 1.82) is 0 Å². The van der Waals surface area contributed by atoms with Crippen LogP contribution in [0.3, 0.4) is 0 Å². The van der Waals surface area contributed by atoms with Gasteiger partial charge in [0.05, 0.1) is 0 Å². The summed E-state index contributed by atoms with van der Waals surface area (Å²) in [4.78, 5) is 0.307. The second-order valence-electron chi connectivity index (χ2n) is 10.3. The van der Waals surface area contributed by atoms with Crippen LogP contribution in [0.5, 0.6) is 0 Å². The van der Waals surface area contributed by atoms with Gasteiger partial charge in [-0.05, 0) is 97.9 Å². The maximum absolute atomic E-state index is 12.9. The van der Waals surface area contributed by atoms with Crippen LogP contribution in [-0.2, 0) is 10.1 Å². The van der Waals surface area contributed by atoms with Gasteiger partial charge in [-0.1, -0.05) is 57.8 Å². The van der Waals surface area contributed by atoms with Crippen LogP contribution in [-0.4, -0.2) is 13.0 Å². The number of hydrogen-bond acceptors (Lipinski definition) is 2. The van der Waals surface area contributed by atoms with Gasteiger partial charge in [-0.2, -0.15) is 8.42 Å². The fraction of sp³-hybridized carbons (Fsp3) is 0.769. The summed E-state index contributed by atoms with van der Waals surface area (Å²) in [7, 11) is -4.25. The summed E-state index contributed by atoms with van der Waals surface area (Å²) in [5.74, 6) is 1.19. The minimum absolute atomic E-state index is 0.283. The Morgan fingerprint density at radius 1 is 0.567 bits per heavy atom. The van der Waals surface area contributed by atoms with Crippen molar-refractivity contribution in [2.45, 2.75) is 133 Å². The van der Waals surface area contributed by atoms with Crippen LogP contribution in [0.4, 0.5) is 0 Å². The summed E-state index contributed by atoms with van der Waals surface area (Å²) in [5.41, 5.74) is 5.86. The third-order valence-corrected chi connectivity index (χ3v) is 9.43. The van der Waals surface area contributed by atoms with E-state index in [-0.39, 0.29) is 5.92 Å². The third kappa shape index (κ3) is 4.37. The molecule has 3 fully saturated rings. The maximum Gasteiger partial charge on any atom is 0.295 e. The molecule has 1 N–H and O–H groups in total. The Kier molecular flexibility index (Phi) is 6.94. The Labute approximate surface area is 183 Å². The van der Waals surface area contributed by atoms with Gasteiger partial charge in [0.2, 0.25) is 0 Å². The predicted octanol–water partition coefficient (Wildman–Crippen LogP) is 7.69. The molecule has 3 nitrogen and oxygen atoms in total. The zero-order valence-electron chi connectivity index (χ0n) is 19.0. The highest BCUT2D eigenvalue weighted by atomic mass is 32.2. The molecule has 1 aromatic carbocycles. The summed E-state index contributed by atoms with van der Waals surface area (Å²) in [6.07, 6.45) is 17.9. The zero-order valence-corrected chi connectivity index (χ0v) is 19.8. The first kappa shape index (κ1) is 22.3. The molecule has 3 aliphatic rings. The van der Waals surface area contributed by atoms with Gasteiger partial charge in [-0.3, -0.25) is 4.55 Å². The summed E-state index contributed by atoms with van der Waals surface area (Å²) in [6, 6.07) is 0. The van der Waals surface area contributed by atoms with Gasteiger partial charge in [-0.15, -0.1) is 0 Å². The molecule has 0 atom stereocenters. The van der Waals surface area contributed by atoms with Gasteiger partial charge >= 0.3 is 0 Å². The number of hydrogen-bond donors (Lipinski definition) is 1. The normalized spacial score (nSPS) is 23.0. The van der Waals surface area contributed by atoms with Crippen molar-refractivity contribution in [3.63, 3.8) is 0 Å². The first-order valence-electron chi connectivity index (χ1n) is 12.5. The Balaban J connectivity index is 1.98.